The van der Waals surface area contributed by atoms with E-state index in [1.54, 1.807) is 10.9 Å². The van der Waals surface area contributed by atoms with E-state index in [9.17, 15) is 0 Å². The third kappa shape index (κ3) is 1.06. The van der Waals surface area contributed by atoms with Crippen molar-refractivity contribution in [3.63, 3.8) is 0 Å². The van der Waals surface area contributed by atoms with E-state index in [2.05, 4.69) is 10.8 Å². The number of nitrogens with zero attached hydrogens (tertiary/aromatic N) is 2. The molecule has 9 heavy (non-hydrogen) atoms. The van der Waals surface area contributed by atoms with Crippen LogP contribution in [-0.4, -0.2) is 9.78 Å². The molecule has 0 aliphatic carbocycles. The fraction of sp³-hybridized carbons (Fsp3) is 0.400. The smallest absolute Gasteiger partial charge is 0.118 e. The normalized spacial score (nSPS) is 10.1. The van der Waals surface area contributed by atoms with Crippen LogP contribution in [0.25, 0.3) is 0 Å². The molecule has 0 fully saturated rings. The predicted molar refractivity (Wildman–Crippen MR) is 34.8 cm³/mol. The second-order valence-corrected chi connectivity index (χ2v) is 2.22. The molecule has 1 aromatic rings. The highest BCUT2D eigenvalue weighted by molar-refractivity contribution is 6.31. The van der Waals surface area contributed by atoms with Gasteiger partial charge in [0.05, 0.1) is 11.2 Å². The van der Waals surface area contributed by atoms with Crippen molar-refractivity contribution in [2.45, 2.75) is 6.54 Å². The van der Waals surface area contributed by atoms with Gasteiger partial charge in [0.15, 0.2) is 0 Å². The van der Waals surface area contributed by atoms with Gasteiger partial charge < -0.3 is 5.73 Å². The number of aryl methyl sites for hydroxylation is 1. The Kier molecular flexibility index (Phi) is 1.73. The van der Waals surface area contributed by atoms with Crippen LogP contribution >= 0.6 is 11.6 Å². The standard InChI is InChI=1S/C5H8ClN3/c1-9-5(2-7)4(6)3-8-9/h3H,2,7H2,1H3/p+1. The minimum absolute atomic E-state index is 0.690. The summed E-state index contributed by atoms with van der Waals surface area (Å²) in [7, 11) is 1.85. The molecular weight excluding hydrogens is 138 g/mol. The van der Waals surface area contributed by atoms with Gasteiger partial charge in [-0.1, -0.05) is 11.6 Å². The zero-order valence-electron chi connectivity index (χ0n) is 5.26. The summed E-state index contributed by atoms with van der Waals surface area (Å²) >= 11 is 5.72. The van der Waals surface area contributed by atoms with Crippen molar-refractivity contribution in [3.8, 4) is 0 Å². The van der Waals surface area contributed by atoms with E-state index >= 15 is 0 Å². The summed E-state index contributed by atoms with van der Waals surface area (Å²) in [5.74, 6) is 0. The first kappa shape index (κ1) is 6.58. The lowest BCUT2D eigenvalue weighted by atomic mass is 10.4. The van der Waals surface area contributed by atoms with Crippen LogP contribution in [0.5, 0.6) is 0 Å². The largest absolute Gasteiger partial charge is 0.352 e. The number of aromatic nitrogens is 2. The van der Waals surface area contributed by atoms with Crippen molar-refractivity contribution >= 4 is 11.6 Å². The van der Waals surface area contributed by atoms with E-state index in [1.807, 2.05) is 7.05 Å². The molecule has 0 atom stereocenters. The Balaban J connectivity index is 3.07. The lowest BCUT2D eigenvalue weighted by Gasteiger charge is -1.92. The molecule has 0 spiro atoms. The van der Waals surface area contributed by atoms with Crippen LogP contribution < -0.4 is 5.73 Å². The highest BCUT2D eigenvalue weighted by Crippen LogP contribution is 2.11. The van der Waals surface area contributed by atoms with Crippen molar-refractivity contribution in [3.05, 3.63) is 16.9 Å². The third-order valence-electron chi connectivity index (χ3n) is 1.25. The van der Waals surface area contributed by atoms with Crippen molar-refractivity contribution < 1.29 is 5.73 Å². The van der Waals surface area contributed by atoms with Crippen LogP contribution in [-0.2, 0) is 13.6 Å². The van der Waals surface area contributed by atoms with Crippen LogP contribution in [0, 0.1) is 0 Å². The number of hydrogen-bond acceptors (Lipinski definition) is 1. The van der Waals surface area contributed by atoms with Gasteiger partial charge >= 0.3 is 0 Å². The molecule has 50 valence electrons. The zero-order valence-corrected chi connectivity index (χ0v) is 6.02. The van der Waals surface area contributed by atoms with Crippen molar-refractivity contribution in [2.75, 3.05) is 0 Å². The maximum absolute atomic E-state index is 5.72. The molecule has 3 nitrogen and oxygen atoms in total. The fourth-order valence-electron chi connectivity index (χ4n) is 0.717. The first-order valence-electron chi connectivity index (χ1n) is 2.71. The molecule has 0 saturated heterocycles. The van der Waals surface area contributed by atoms with Gasteiger partial charge in [0.1, 0.15) is 12.2 Å². The minimum atomic E-state index is 0.690. The number of halogens is 1. The Morgan fingerprint density at radius 1 is 1.89 bits per heavy atom. The minimum Gasteiger partial charge on any atom is -0.352 e. The highest BCUT2D eigenvalue weighted by atomic mass is 35.5. The van der Waals surface area contributed by atoms with Gasteiger partial charge in [-0.25, -0.2) is 0 Å². The highest BCUT2D eigenvalue weighted by Gasteiger charge is 2.03. The molecular formula is C5H9ClN3+. The fourth-order valence-corrected chi connectivity index (χ4v) is 0.978. The predicted octanol–water partition coefficient (Wildman–Crippen LogP) is -0.185. The van der Waals surface area contributed by atoms with E-state index < -0.39 is 0 Å². The van der Waals surface area contributed by atoms with Gasteiger partial charge in [0.25, 0.3) is 0 Å². The zero-order chi connectivity index (χ0) is 6.85. The van der Waals surface area contributed by atoms with Gasteiger partial charge in [-0.3, -0.25) is 4.68 Å². The van der Waals surface area contributed by atoms with Gasteiger partial charge in [0.2, 0.25) is 0 Å². The lowest BCUT2D eigenvalue weighted by Crippen LogP contribution is -2.48. The molecule has 0 aliphatic heterocycles. The molecule has 3 N–H and O–H groups in total. The van der Waals surface area contributed by atoms with Crippen LogP contribution in [0.15, 0.2) is 6.20 Å². The summed E-state index contributed by atoms with van der Waals surface area (Å²) in [5, 5.41) is 4.63. The van der Waals surface area contributed by atoms with E-state index in [-0.39, 0.29) is 0 Å². The Hall–Kier alpha value is -0.540. The molecule has 4 heteroatoms. The van der Waals surface area contributed by atoms with Crippen molar-refractivity contribution in [2.24, 2.45) is 7.05 Å². The number of quaternary nitrogens is 1. The topological polar surface area (TPSA) is 45.5 Å². The monoisotopic (exact) mass is 146 g/mol. The summed E-state index contributed by atoms with van der Waals surface area (Å²) in [5.41, 5.74) is 4.69. The number of hydrogen-bond donors (Lipinski definition) is 1. The Labute approximate surface area is 58.4 Å². The summed E-state index contributed by atoms with van der Waals surface area (Å²) < 4.78 is 1.73. The van der Waals surface area contributed by atoms with E-state index in [0.717, 1.165) is 5.69 Å². The quantitative estimate of drug-likeness (QED) is 0.587. The second-order valence-electron chi connectivity index (χ2n) is 1.81. The number of rotatable bonds is 1. The Morgan fingerprint density at radius 3 is 2.78 bits per heavy atom. The molecule has 0 unspecified atom stereocenters. The molecule has 0 saturated carbocycles. The van der Waals surface area contributed by atoms with E-state index in [4.69, 9.17) is 11.6 Å². The first-order valence-corrected chi connectivity index (χ1v) is 3.09. The van der Waals surface area contributed by atoms with Crippen LogP contribution in [0.2, 0.25) is 5.02 Å². The second kappa shape index (κ2) is 2.37. The van der Waals surface area contributed by atoms with Crippen molar-refractivity contribution in [1.29, 1.82) is 0 Å². The molecule has 0 amide bonds. The SMILES string of the molecule is Cn1ncc(Cl)c1C[NH3+]. The summed E-state index contributed by atoms with van der Waals surface area (Å²) in [4.78, 5) is 0. The molecule has 1 rings (SSSR count). The average molecular weight is 147 g/mol. The molecule has 1 aromatic heterocycles. The van der Waals surface area contributed by atoms with Gasteiger partial charge in [-0.05, 0) is 0 Å². The van der Waals surface area contributed by atoms with E-state index in [0.29, 0.717) is 11.6 Å². The van der Waals surface area contributed by atoms with Crippen molar-refractivity contribution in [1.82, 2.24) is 9.78 Å². The molecule has 0 aliphatic rings. The molecule has 0 aromatic carbocycles. The van der Waals surface area contributed by atoms with Crippen LogP contribution in [0.4, 0.5) is 0 Å². The summed E-state index contributed by atoms with van der Waals surface area (Å²) in [6, 6.07) is 0. The van der Waals surface area contributed by atoms with Gasteiger partial charge in [-0.2, -0.15) is 5.10 Å². The summed E-state index contributed by atoms with van der Waals surface area (Å²) in [6.45, 7) is 0.690. The maximum Gasteiger partial charge on any atom is 0.118 e. The average Bonchev–Trinajstić information content (AvgIpc) is 2.12. The lowest BCUT2D eigenvalue weighted by molar-refractivity contribution is -0.387. The Morgan fingerprint density at radius 2 is 2.56 bits per heavy atom. The van der Waals surface area contributed by atoms with Gasteiger partial charge in [0, 0.05) is 7.05 Å². The third-order valence-corrected chi connectivity index (χ3v) is 1.56. The Bertz CT molecular complexity index is 186. The van der Waals surface area contributed by atoms with Crippen LogP contribution in [0.1, 0.15) is 5.69 Å². The molecule has 0 bridgehead atoms. The summed E-state index contributed by atoms with van der Waals surface area (Å²) in [6.07, 6.45) is 1.63. The van der Waals surface area contributed by atoms with E-state index in [1.165, 1.54) is 0 Å². The van der Waals surface area contributed by atoms with Crippen LogP contribution in [0.3, 0.4) is 0 Å². The van der Waals surface area contributed by atoms with Gasteiger partial charge in [-0.15, -0.1) is 0 Å². The first-order chi connectivity index (χ1) is 4.25. The molecule has 1 heterocycles. The molecule has 0 radical (unpaired) electrons. The maximum atomic E-state index is 5.72.